The van der Waals surface area contributed by atoms with Gasteiger partial charge in [0, 0.05) is 37.8 Å². The highest BCUT2D eigenvalue weighted by atomic mass is 79.9. The number of aryl methyl sites for hydroxylation is 1. The van der Waals surface area contributed by atoms with Crippen LogP contribution in [0.4, 0.5) is 5.69 Å². The Balaban J connectivity index is 0.00000504. The highest BCUT2D eigenvalue weighted by Crippen LogP contribution is 2.43. The summed E-state index contributed by atoms with van der Waals surface area (Å²) in [6, 6.07) is 21.1. The van der Waals surface area contributed by atoms with Crippen molar-refractivity contribution in [3.63, 3.8) is 0 Å². The van der Waals surface area contributed by atoms with Crippen LogP contribution in [0.15, 0.2) is 66.7 Å². The number of benzene rings is 3. The third kappa shape index (κ3) is 9.33. The Morgan fingerprint density at radius 2 is 1.73 bits per heavy atom. The van der Waals surface area contributed by atoms with Crippen molar-refractivity contribution in [2.75, 3.05) is 51.3 Å². The molecule has 3 aliphatic heterocycles. The van der Waals surface area contributed by atoms with Crippen molar-refractivity contribution in [2.45, 2.75) is 82.6 Å². The molecule has 2 bridgehead atoms. The molecule has 278 valence electrons. The lowest BCUT2D eigenvalue weighted by Crippen LogP contribution is -3.00. The number of anilines is 1. The van der Waals surface area contributed by atoms with Crippen LogP contribution < -0.4 is 32.4 Å². The standard InChI is InChI=1S/C41H55N3O6.BrH/c1-29-23-32(30(2)42-25-38(47)33-13-15-37(46)36(24-33)43-28-45)14-16-39(29)49-22-8-19-44-20-17-31(18-21-44)40(26-44)50-27-41(48,35-11-6-7-12-35)34-9-4-3-5-10-34;/h3-5,9-10,13-16,23-24,28,30-31,35,38,40,42,47-48H,6-8,11-12,17-22,25-27H2,1-2H3,(H-,43,45,46);1H/t30-,31?,38+,40+,41-,44?;/m1./s1. The molecule has 1 amide bonds. The van der Waals surface area contributed by atoms with Gasteiger partial charge in [-0.2, -0.15) is 0 Å². The van der Waals surface area contributed by atoms with Gasteiger partial charge in [-0.3, -0.25) is 4.79 Å². The Kier molecular flexibility index (Phi) is 13.6. The molecule has 0 radical (unpaired) electrons. The Hall–Kier alpha value is -2.99. The fourth-order valence-electron chi connectivity index (χ4n) is 8.68. The Bertz CT molecular complexity index is 1560. The van der Waals surface area contributed by atoms with Gasteiger partial charge in [-0.15, -0.1) is 0 Å². The molecule has 3 saturated heterocycles. The van der Waals surface area contributed by atoms with E-state index in [9.17, 15) is 20.1 Å². The molecular weight excluding hydrogens is 710 g/mol. The van der Waals surface area contributed by atoms with Crippen LogP contribution in [0.5, 0.6) is 11.5 Å². The molecule has 9 nitrogen and oxygen atoms in total. The number of quaternary nitrogens is 1. The van der Waals surface area contributed by atoms with E-state index in [0.29, 0.717) is 37.6 Å². The van der Waals surface area contributed by atoms with Crippen molar-refractivity contribution in [1.29, 1.82) is 0 Å². The van der Waals surface area contributed by atoms with E-state index >= 15 is 0 Å². The summed E-state index contributed by atoms with van der Waals surface area (Å²) in [5.41, 5.74) is 3.12. The molecule has 3 aromatic rings. The Labute approximate surface area is 313 Å². The summed E-state index contributed by atoms with van der Waals surface area (Å²) < 4.78 is 14.1. The predicted octanol–water partition coefficient (Wildman–Crippen LogP) is 3.13. The topological polar surface area (TPSA) is 120 Å². The summed E-state index contributed by atoms with van der Waals surface area (Å²) >= 11 is 0. The minimum atomic E-state index is -0.917. The van der Waals surface area contributed by atoms with Gasteiger partial charge in [0.2, 0.25) is 6.41 Å². The van der Waals surface area contributed by atoms with Crippen molar-refractivity contribution in [1.82, 2.24) is 5.32 Å². The van der Waals surface area contributed by atoms with Gasteiger partial charge in [0.15, 0.2) is 0 Å². The molecule has 51 heavy (non-hydrogen) atoms. The predicted molar refractivity (Wildman–Crippen MR) is 195 cm³/mol. The van der Waals surface area contributed by atoms with Crippen LogP contribution in [0.25, 0.3) is 0 Å². The van der Waals surface area contributed by atoms with Gasteiger partial charge in [-0.1, -0.05) is 61.4 Å². The van der Waals surface area contributed by atoms with Gasteiger partial charge in [0.05, 0.1) is 44.6 Å². The first-order chi connectivity index (χ1) is 24.2. The smallest absolute Gasteiger partial charge is 0.211 e. The second-order valence-corrected chi connectivity index (χ2v) is 15.1. The number of rotatable bonds is 17. The van der Waals surface area contributed by atoms with Crippen LogP contribution in [-0.2, 0) is 15.1 Å². The molecule has 3 heterocycles. The number of fused-ring (bicyclic) bond motifs is 3. The molecule has 4 fully saturated rings. The second kappa shape index (κ2) is 17.7. The van der Waals surface area contributed by atoms with Gasteiger partial charge >= 0.3 is 0 Å². The lowest BCUT2D eigenvalue weighted by atomic mass is 9.80. The minimum absolute atomic E-state index is 0. The number of carbonyl (C=O) groups is 1. The number of halogens is 1. The van der Waals surface area contributed by atoms with Crippen LogP contribution >= 0.6 is 0 Å². The quantitative estimate of drug-likeness (QED) is 0.0621. The number of aromatic hydroxyl groups is 1. The van der Waals surface area contributed by atoms with Crippen molar-refractivity contribution in [2.24, 2.45) is 11.8 Å². The average molecular weight is 767 g/mol. The number of hydrogen-bond donors (Lipinski definition) is 5. The van der Waals surface area contributed by atoms with E-state index < -0.39 is 11.7 Å². The van der Waals surface area contributed by atoms with Crippen molar-refractivity contribution < 1.29 is 51.1 Å². The number of piperidine rings is 3. The summed E-state index contributed by atoms with van der Waals surface area (Å²) in [5.74, 6) is 1.69. The highest BCUT2D eigenvalue weighted by molar-refractivity contribution is 5.75. The van der Waals surface area contributed by atoms with Crippen LogP contribution in [0.2, 0.25) is 0 Å². The molecule has 0 unspecified atom stereocenters. The first-order valence-electron chi connectivity index (χ1n) is 18.6. The van der Waals surface area contributed by atoms with Crippen molar-refractivity contribution in [3.8, 4) is 11.5 Å². The largest absolute Gasteiger partial charge is 1.00 e. The van der Waals surface area contributed by atoms with E-state index in [4.69, 9.17) is 9.47 Å². The van der Waals surface area contributed by atoms with E-state index in [0.717, 1.165) is 59.3 Å². The van der Waals surface area contributed by atoms with Crippen molar-refractivity contribution >= 4 is 12.1 Å². The van der Waals surface area contributed by atoms with E-state index in [2.05, 4.69) is 48.7 Å². The maximum absolute atomic E-state index is 12.0. The number of ether oxygens (including phenoxy) is 2. The van der Waals surface area contributed by atoms with Gasteiger partial charge in [0.25, 0.3) is 0 Å². The second-order valence-electron chi connectivity index (χ2n) is 15.1. The van der Waals surface area contributed by atoms with Gasteiger partial charge < -0.3 is 56.9 Å². The summed E-state index contributed by atoms with van der Waals surface area (Å²) in [7, 11) is 0. The maximum Gasteiger partial charge on any atom is 0.211 e. The zero-order valence-electron chi connectivity index (χ0n) is 30.1. The molecule has 5 N–H and O–H groups in total. The molecule has 7 rings (SSSR count). The van der Waals surface area contributed by atoms with Gasteiger partial charge in [0.1, 0.15) is 29.7 Å². The van der Waals surface area contributed by atoms with Crippen LogP contribution in [0.3, 0.4) is 0 Å². The van der Waals surface area contributed by atoms with Crippen LogP contribution in [0.1, 0.15) is 86.3 Å². The fraction of sp³-hybridized carbons (Fsp3) is 0.537. The number of aliphatic hydroxyl groups is 2. The Morgan fingerprint density at radius 3 is 2.43 bits per heavy atom. The number of aliphatic hydroxyl groups excluding tert-OH is 1. The molecule has 0 aromatic heterocycles. The number of nitrogens with zero attached hydrogens (tertiary/aromatic N) is 1. The molecule has 4 aliphatic rings. The fourth-order valence-corrected chi connectivity index (χ4v) is 8.68. The molecule has 10 heteroatoms. The monoisotopic (exact) mass is 765 g/mol. The lowest BCUT2D eigenvalue weighted by Gasteiger charge is -2.53. The van der Waals surface area contributed by atoms with E-state index in [1.807, 2.05) is 24.3 Å². The summed E-state index contributed by atoms with van der Waals surface area (Å²) in [6.45, 7) is 9.99. The number of carbonyl (C=O) groups excluding carboxylic acids is 1. The number of phenolic OH excluding ortho intramolecular Hbond substituents is 1. The summed E-state index contributed by atoms with van der Waals surface area (Å²) in [4.78, 5) is 10.8. The maximum atomic E-state index is 12.0. The third-order valence-electron chi connectivity index (χ3n) is 11.8. The lowest BCUT2D eigenvalue weighted by molar-refractivity contribution is -0.946. The van der Waals surface area contributed by atoms with Gasteiger partial charge in [-0.05, 0) is 73.1 Å². The Morgan fingerprint density at radius 1 is 1.00 bits per heavy atom. The first kappa shape index (κ1) is 39.2. The summed E-state index contributed by atoms with van der Waals surface area (Å²) in [6.07, 6.45) is 7.75. The molecule has 0 spiro atoms. The average Bonchev–Trinajstić information content (AvgIpc) is 3.70. The minimum Gasteiger partial charge on any atom is -1.00 e. The molecule has 4 atom stereocenters. The van der Waals surface area contributed by atoms with Gasteiger partial charge in [-0.25, -0.2) is 0 Å². The number of amides is 1. The van der Waals surface area contributed by atoms with E-state index in [1.165, 1.54) is 44.8 Å². The van der Waals surface area contributed by atoms with E-state index in [1.54, 1.807) is 12.1 Å². The molecule has 1 saturated carbocycles. The van der Waals surface area contributed by atoms with Crippen LogP contribution in [-0.4, -0.2) is 78.3 Å². The molecule has 3 aromatic carbocycles. The van der Waals surface area contributed by atoms with Crippen LogP contribution in [0, 0.1) is 18.8 Å². The third-order valence-corrected chi connectivity index (χ3v) is 11.8. The first-order valence-corrected chi connectivity index (χ1v) is 18.6. The van der Waals surface area contributed by atoms with E-state index in [-0.39, 0.29) is 46.5 Å². The van der Waals surface area contributed by atoms with Crippen molar-refractivity contribution in [3.05, 3.63) is 89.0 Å². The number of hydrogen-bond acceptors (Lipinski definition) is 7. The normalized spacial score (nSPS) is 23.9. The number of nitrogens with one attached hydrogen (secondary N) is 2. The molecular formula is C41H56BrN3O6. The SMILES string of the molecule is Cc1cc([C@@H](C)NC[C@H](O)c2ccc(O)c(NC=O)c2)ccc1OCCC[N+]12CCC(CC1)[C@@H](OC[C@@](O)(c1ccccc1)C1CCCC1)C2.[Br-]. The summed E-state index contributed by atoms with van der Waals surface area (Å²) in [5, 5.41) is 38.5. The zero-order chi connectivity index (χ0) is 35.1. The highest BCUT2D eigenvalue weighted by Gasteiger charge is 2.48. The number of phenols is 1. The zero-order valence-corrected chi connectivity index (χ0v) is 31.7. The molecule has 1 aliphatic carbocycles.